The van der Waals surface area contributed by atoms with Crippen LogP contribution in [0.25, 0.3) is 0 Å². The Hall–Kier alpha value is -1.12. The second-order valence-electron chi connectivity index (χ2n) is 4.44. The van der Waals surface area contributed by atoms with Crippen LogP contribution in [-0.4, -0.2) is 29.4 Å². The Morgan fingerprint density at radius 3 is 2.31 bits per heavy atom. The van der Waals surface area contributed by atoms with Crippen molar-refractivity contribution in [1.82, 2.24) is 10.3 Å². The molecule has 0 bridgehead atoms. The van der Waals surface area contributed by atoms with Crippen molar-refractivity contribution in [2.24, 2.45) is 11.8 Å². The predicted octanol–water partition coefficient (Wildman–Crippen LogP) is 0.625. The molecule has 16 heavy (non-hydrogen) atoms. The Morgan fingerprint density at radius 1 is 1.44 bits per heavy atom. The molecule has 92 valence electrons. The summed E-state index contributed by atoms with van der Waals surface area (Å²) in [4.78, 5) is 13.7. The molecule has 0 spiro atoms. The van der Waals surface area contributed by atoms with Gasteiger partial charge in [-0.2, -0.15) is 5.26 Å². The van der Waals surface area contributed by atoms with Gasteiger partial charge in [-0.05, 0) is 19.8 Å². The number of rotatable bonds is 6. The minimum atomic E-state index is -0.279. The lowest BCUT2D eigenvalue weighted by Gasteiger charge is -2.35. The number of carbonyl (C=O) groups is 1. The zero-order valence-corrected chi connectivity index (χ0v) is 10.5. The molecule has 0 saturated heterocycles. The van der Waals surface area contributed by atoms with Crippen LogP contribution in [0.15, 0.2) is 0 Å². The number of nitrogens with one attached hydrogen (secondary N) is 1. The summed E-state index contributed by atoms with van der Waals surface area (Å²) in [5, 5.41) is 8.61. The first-order valence-electron chi connectivity index (χ1n) is 5.58. The van der Waals surface area contributed by atoms with E-state index >= 15 is 0 Å². The fourth-order valence-electron chi connectivity index (χ4n) is 1.82. The van der Waals surface area contributed by atoms with Crippen molar-refractivity contribution in [1.29, 1.82) is 5.26 Å². The Labute approximate surface area is 97.6 Å². The van der Waals surface area contributed by atoms with Gasteiger partial charge >= 0.3 is 0 Å². The summed E-state index contributed by atoms with van der Waals surface area (Å²) in [7, 11) is 0. The lowest BCUT2D eigenvalue weighted by atomic mass is 10.00. The molecule has 3 N–H and O–H groups in total. The van der Waals surface area contributed by atoms with Gasteiger partial charge in [-0.15, -0.1) is 0 Å². The fraction of sp³-hybridized carbons (Fsp3) is 0.818. The topological polar surface area (TPSA) is 82.2 Å². The quantitative estimate of drug-likeness (QED) is 0.395. The number of nitriles is 1. The van der Waals surface area contributed by atoms with Crippen LogP contribution in [0.5, 0.6) is 0 Å². The maximum atomic E-state index is 11.7. The molecule has 0 aliphatic heterocycles. The van der Waals surface area contributed by atoms with Crippen molar-refractivity contribution in [3.05, 3.63) is 0 Å². The number of hydrogen-bond acceptors (Lipinski definition) is 4. The van der Waals surface area contributed by atoms with Crippen molar-refractivity contribution in [3.63, 3.8) is 0 Å². The first-order valence-corrected chi connectivity index (χ1v) is 5.58. The second kappa shape index (κ2) is 7.20. The standard InChI is InChI=1S/C11H22N4O/c1-8(2)10(11(16)14-13)15(9(3)4)7-5-6-12/h8-10H,5,7,13H2,1-4H3,(H,14,16). The highest BCUT2D eigenvalue weighted by atomic mass is 16.2. The highest BCUT2D eigenvalue weighted by Crippen LogP contribution is 2.14. The number of hydrogen-bond donors (Lipinski definition) is 2. The van der Waals surface area contributed by atoms with Gasteiger partial charge in [0.05, 0.1) is 12.1 Å². The largest absolute Gasteiger partial charge is 0.293 e. The van der Waals surface area contributed by atoms with Gasteiger partial charge in [0.1, 0.15) is 0 Å². The molecule has 0 radical (unpaired) electrons. The number of carbonyl (C=O) groups excluding carboxylic acids is 1. The van der Waals surface area contributed by atoms with Crippen LogP contribution in [0.1, 0.15) is 34.1 Å². The summed E-state index contributed by atoms with van der Waals surface area (Å²) in [6, 6.07) is 2.03. The number of nitrogens with zero attached hydrogens (tertiary/aromatic N) is 2. The van der Waals surface area contributed by atoms with Gasteiger partial charge in [0.2, 0.25) is 0 Å². The van der Waals surface area contributed by atoms with Gasteiger partial charge in [0.15, 0.2) is 0 Å². The molecule has 5 nitrogen and oxygen atoms in total. The van der Waals surface area contributed by atoms with Crippen molar-refractivity contribution < 1.29 is 4.79 Å². The Kier molecular flexibility index (Phi) is 6.70. The van der Waals surface area contributed by atoms with Gasteiger partial charge in [0, 0.05) is 19.0 Å². The molecule has 0 aliphatic rings. The van der Waals surface area contributed by atoms with E-state index in [1.165, 1.54) is 0 Å². The molecular formula is C11H22N4O. The molecule has 1 amide bonds. The van der Waals surface area contributed by atoms with Gasteiger partial charge in [-0.3, -0.25) is 15.1 Å². The number of nitrogens with two attached hydrogens (primary N) is 1. The minimum absolute atomic E-state index is 0.157. The van der Waals surface area contributed by atoms with E-state index in [0.29, 0.717) is 13.0 Å². The monoisotopic (exact) mass is 226 g/mol. The lowest BCUT2D eigenvalue weighted by Crippen LogP contribution is -2.54. The molecule has 0 saturated carbocycles. The summed E-state index contributed by atoms with van der Waals surface area (Å²) < 4.78 is 0. The molecule has 0 rings (SSSR count). The van der Waals surface area contributed by atoms with E-state index in [-0.39, 0.29) is 23.9 Å². The molecular weight excluding hydrogens is 204 g/mol. The number of amides is 1. The zero-order valence-electron chi connectivity index (χ0n) is 10.5. The van der Waals surface area contributed by atoms with E-state index < -0.39 is 0 Å². The van der Waals surface area contributed by atoms with Gasteiger partial charge in [-0.1, -0.05) is 13.8 Å². The second-order valence-corrected chi connectivity index (χ2v) is 4.44. The van der Waals surface area contributed by atoms with Crippen LogP contribution in [0.4, 0.5) is 0 Å². The van der Waals surface area contributed by atoms with Gasteiger partial charge < -0.3 is 0 Å². The smallest absolute Gasteiger partial charge is 0.251 e. The summed E-state index contributed by atoms with van der Waals surface area (Å²) in [6.07, 6.45) is 0.416. The summed E-state index contributed by atoms with van der Waals surface area (Å²) in [6.45, 7) is 8.56. The maximum Gasteiger partial charge on any atom is 0.251 e. The summed E-state index contributed by atoms with van der Waals surface area (Å²) in [5.41, 5.74) is 2.19. The zero-order chi connectivity index (χ0) is 12.7. The van der Waals surface area contributed by atoms with Gasteiger partial charge in [0.25, 0.3) is 5.91 Å². The molecule has 1 unspecified atom stereocenters. The van der Waals surface area contributed by atoms with Crippen LogP contribution < -0.4 is 11.3 Å². The molecule has 1 atom stereocenters. The molecule has 0 aromatic heterocycles. The van der Waals surface area contributed by atoms with E-state index in [4.69, 9.17) is 11.1 Å². The normalized spacial score (nSPS) is 12.9. The van der Waals surface area contributed by atoms with E-state index in [2.05, 4.69) is 11.5 Å². The Morgan fingerprint density at radius 2 is 2.00 bits per heavy atom. The van der Waals surface area contributed by atoms with Crippen LogP contribution in [0.3, 0.4) is 0 Å². The summed E-state index contributed by atoms with van der Waals surface area (Å²) in [5.74, 6) is 5.15. The van der Waals surface area contributed by atoms with Crippen LogP contribution >= 0.6 is 0 Å². The lowest BCUT2D eigenvalue weighted by molar-refractivity contribution is -0.129. The van der Waals surface area contributed by atoms with Crippen molar-refractivity contribution in [2.75, 3.05) is 6.54 Å². The highest BCUT2D eigenvalue weighted by Gasteiger charge is 2.29. The molecule has 0 aliphatic carbocycles. The molecule has 0 heterocycles. The third kappa shape index (κ3) is 4.17. The Bertz CT molecular complexity index is 257. The SMILES string of the molecule is CC(C)C(C(=O)NN)N(CCC#N)C(C)C. The third-order valence-electron chi connectivity index (χ3n) is 2.54. The molecule has 5 heteroatoms. The first-order chi connectivity index (χ1) is 7.45. The van der Waals surface area contributed by atoms with Crippen molar-refractivity contribution >= 4 is 5.91 Å². The van der Waals surface area contributed by atoms with E-state index in [0.717, 1.165) is 0 Å². The predicted molar refractivity (Wildman–Crippen MR) is 63.0 cm³/mol. The van der Waals surface area contributed by atoms with Crippen molar-refractivity contribution in [3.8, 4) is 6.07 Å². The van der Waals surface area contributed by atoms with E-state index in [1.54, 1.807) is 0 Å². The first kappa shape index (κ1) is 14.9. The third-order valence-corrected chi connectivity index (χ3v) is 2.54. The molecule has 0 aromatic carbocycles. The summed E-state index contributed by atoms with van der Waals surface area (Å²) >= 11 is 0. The van der Waals surface area contributed by atoms with E-state index in [9.17, 15) is 4.79 Å². The average Bonchev–Trinajstić information content (AvgIpc) is 2.22. The minimum Gasteiger partial charge on any atom is -0.293 e. The van der Waals surface area contributed by atoms with Gasteiger partial charge in [-0.25, -0.2) is 5.84 Å². The number of hydrazine groups is 1. The molecule has 0 aromatic rings. The fourth-order valence-corrected chi connectivity index (χ4v) is 1.82. The average molecular weight is 226 g/mol. The van der Waals surface area contributed by atoms with Crippen LogP contribution in [0, 0.1) is 17.2 Å². The Balaban J connectivity index is 4.81. The highest BCUT2D eigenvalue weighted by molar-refractivity contribution is 5.81. The van der Waals surface area contributed by atoms with Crippen LogP contribution in [0.2, 0.25) is 0 Å². The van der Waals surface area contributed by atoms with E-state index in [1.807, 2.05) is 32.6 Å². The van der Waals surface area contributed by atoms with Crippen LogP contribution in [-0.2, 0) is 4.79 Å². The maximum absolute atomic E-state index is 11.7. The molecule has 0 fully saturated rings. The van der Waals surface area contributed by atoms with Crippen molar-refractivity contribution in [2.45, 2.75) is 46.2 Å².